The Morgan fingerprint density at radius 1 is 0.939 bits per heavy atom. The number of carbonyl (C=O) groups is 2. The second-order valence-electron chi connectivity index (χ2n) is 12.5. The predicted octanol–water partition coefficient (Wildman–Crippen LogP) is 7.37. The molecule has 2 unspecified atom stereocenters. The first kappa shape index (κ1) is 41.1. The Labute approximate surface area is 289 Å². The van der Waals surface area contributed by atoms with E-state index in [0.717, 1.165) is 22.3 Å². The van der Waals surface area contributed by atoms with E-state index < -0.39 is 61.4 Å². The molecular formula is C38H48O10P-. The molecule has 0 aromatic carbocycles. The minimum absolute atomic E-state index is 0.0388. The summed E-state index contributed by atoms with van der Waals surface area (Å²) in [7, 11) is -5.13. The molecule has 3 N–H and O–H groups in total. The number of hydrogen-bond acceptors (Lipinski definition) is 10. The highest BCUT2D eigenvalue weighted by Gasteiger charge is 2.42. The van der Waals surface area contributed by atoms with Crippen LogP contribution in [0.25, 0.3) is 0 Å². The molecule has 49 heavy (non-hydrogen) atoms. The van der Waals surface area contributed by atoms with Crippen LogP contribution >= 0.6 is 7.82 Å². The normalized spacial score (nSPS) is 23.7. The van der Waals surface area contributed by atoms with E-state index in [9.17, 15) is 34.4 Å². The third-order valence-electron chi connectivity index (χ3n) is 7.65. The van der Waals surface area contributed by atoms with Crippen molar-refractivity contribution in [1.82, 2.24) is 0 Å². The molecule has 0 aromatic heterocycles. The molecular weight excluding hydrogens is 647 g/mol. The lowest BCUT2D eigenvalue weighted by atomic mass is 9.71. The predicted molar refractivity (Wildman–Crippen MR) is 189 cm³/mol. The van der Waals surface area contributed by atoms with E-state index in [4.69, 9.17) is 9.05 Å². The van der Waals surface area contributed by atoms with Crippen molar-refractivity contribution in [2.75, 3.05) is 6.61 Å². The van der Waals surface area contributed by atoms with Gasteiger partial charge in [0.25, 0.3) is 7.82 Å². The molecule has 0 aromatic rings. The monoisotopic (exact) mass is 695 g/mol. The number of ketones is 1. The van der Waals surface area contributed by atoms with Gasteiger partial charge in [0.05, 0.1) is 6.61 Å². The Hall–Kier alpha value is -4.05. The van der Waals surface area contributed by atoms with Crippen LogP contribution in [0.2, 0.25) is 0 Å². The van der Waals surface area contributed by atoms with Gasteiger partial charge in [0.2, 0.25) is 5.76 Å². The summed E-state index contributed by atoms with van der Waals surface area (Å²) in [5.74, 6) is -3.84. The Kier molecular flexibility index (Phi) is 15.6. The van der Waals surface area contributed by atoms with Crippen molar-refractivity contribution in [1.29, 1.82) is 0 Å². The molecule has 1 aliphatic heterocycles. The first-order chi connectivity index (χ1) is 22.9. The quantitative estimate of drug-likeness (QED) is 0.0896. The minimum atomic E-state index is -5.13. The van der Waals surface area contributed by atoms with Gasteiger partial charge in [-0.05, 0) is 64.5 Å². The highest BCUT2D eigenvalue weighted by atomic mass is 31.2. The maximum Gasteiger partial charge on any atom is 0.377 e. The van der Waals surface area contributed by atoms with E-state index in [-0.39, 0.29) is 6.42 Å². The fraction of sp³-hybridized carbons (Fsp3) is 0.368. The molecule has 0 spiro atoms. The molecule has 0 saturated carbocycles. The Morgan fingerprint density at radius 2 is 1.45 bits per heavy atom. The Morgan fingerprint density at radius 3 is 1.96 bits per heavy atom. The number of phosphoric ester groups is 1. The summed E-state index contributed by atoms with van der Waals surface area (Å²) < 4.78 is 26.9. The molecule has 1 heterocycles. The van der Waals surface area contributed by atoms with E-state index >= 15 is 0 Å². The van der Waals surface area contributed by atoms with Crippen LogP contribution in [0.15, 0.2) is 130 Å². The van der Waals surface area contributed by atoms with Crippen LogP contribution in [0.4, 0.5) is 0 Å². The van der Waals surface area contributed by atoms with Crippen LogP contribution in [0, 0.1) is 5.41 Å². The largest absolute Gasteiger partial charge is 0.756 e. The zero-order valence-corrected chi connectivity index (χ0v) is 30.3. The van der Waals surface area contributed by atoms with Crippen LogP contribution in [0.3, 0.4) is 0 Å². The number of phosphoric acid groups is 1. The number of rotatable bonds is 15. The molecule has 2 rings (SSSR count). The van der Waals surface area contributed by atoms with Crippen molar-refractivity contribution < 1.29 is 48.2 Å². The van der Waals surface area contributed by atoms with Crippen LogP contribution in [-0.4, -0.2) is 52.0 Å². The van der Waals surface area contributed by atoms with Gasteiger partial charge in [0.15, 0.2) is 17.6 Å². The molecule has 11 heteroatoms. The molecule has 4 atom stereocenters. The van der Waals surface area contributed by atoms with Crippen molar-refractivity contribution in [2.24, 2.45) is 5.41 Å². The Bertz CT molecular complexity index is 1640. The number of esters is 1. The smallest absolute Gasteiger partial charge is 0.377 e. The summed E-state index contributed by atoms with van der Waals surface area (Å²) >= 11 is 0. The molecule has 0 saturated heterocycles. The molecule has 2 aliphatic rings. The molecule has 0 radical (unpaired) electrons. The highest BCUT2D eigenvalue weighted by Crippen LogP contribution is 2.47. The summed E-state index contributed by atoms with van der Waals surface area (Å²) in [6.45, 7) is 14.4. The van der Waals surface area contributed by atoms with E-state index in [1.54, 1.807) is 6.92 Å². The van der Waals surface area contributed by atoms with Crippen molar-refractivity contribution in [2.45, 2.75) is 80.1 Å². The molecule has 1 aliphatic carbocycles. The standard InChI is InChI=1S/C38H49O10P/c1-9-14-25(2)17-12-18-26(3)15-10-11-16-27(4)19-13-20-28(5)21-22-30-29(6)33(40)32(23-38(30,7)8)48-49(44,45)46-24-31(39)36-34(41)35(42)37(43)47-36/h9-22,31-32,36,39,41-42H,23-24H2,1-8H3,(H,44,45)/p-1/b11-10+,14-9+,18-12+,19-13+,22-21+,25-17+,26-15+,27-16+,28-20+/t31-,32?,36+/m0/s1. The van der Waals surface area contributed by atoms with E-state index in [1.807, 2.05) is 108 Å². The average molecular weight is 696 g/mol. The highest BCUT2D eigenvalue weighted by molar-refractivity contribution is 7.45. The summed E-state index contributed by atoms with van der Waals surface area (Å²) in [5, 5.41) is 29.1. The van der Waals surface area contributed by atoms with Crippen molar-refractivity contribution in [3.05, 3.63) is 130 Å². The van der Waals surface area contributed by atoms with E-state index in [2.05, 4.69) is 29.9 Å². The lowest BCUT2D eigenvalue weighted by Crippen LogP contribution is -2.38. The summed E-state index contributed by atoms with van der Waals surface area (Å²) in [4.78, 5) is 37.0. The van der Waals surface area contributed by atoms with E-state index in [1.165, 1.54) is 5.57 Å². The summed E-state index contributed by atoms with van der Waals surface area (Å²) in [6, 6.07) is 0. The van der Waals surface area contributed by atoms with Gasteiger partial charge in [0.1, 0.15) is 12.2 Å². The maximum atomic E-state index is 13.1. The number of aliphatic hydroxyl groups is 3. The Balaban J connectivity index is 2.01. The molecule has 10 nitrogen and oxygen atoms in total. The van der Waals surface area contributed by atoms with Crippen molar-refractivity contribution in [3.8, 4) is 0 Å². The second-order valence-corrected chi connectivity index (χ2v) is 13.9. The molecule has 0 amide bonds. The third kappa shape index (κ3) is 13.1. The van der Waals surface area contributed by atoms with Gasteiger partial charge in [-0.1, -0.05) is 121 Å². The number of aliphatic hydroxyl groups excluding tert-OH is 3. The van der Waals surface area contributed by atoms with Gasteiger partial charge in [-0.2, -0.15) is 0 Å². The van der Waals surface area contributed by atoms with E-state index in [0.29, 0.717) is 5.57 Å². The lowest BCUT2D eigenvalue weighted by Gasteiger charge is -2.38. The first-order valence-corrected chi connectivity index (χ1v) is 17.3. The maximum absolute atomic E-state index is 13.1. The zero-order chi connectivity index (χ0) is 36.9. The van der Waals surface area contributed by atoms with Crippen molar-refractivity contribution >= 4 is 19.6 Å². The first-order valence-electron chi connectivity index (χ1n) is 15.8. The number of hydrogen-bond donors (Lipinski definition) is 3. The van der Waals surface area contributed by atoms with Gasteiger partial charge < -0.3 is 34.0 Å². The summed E-state index contributed by atoms with van der Waals surface area (Å²) in [6.07, 6.45) is 23.0. The fourth-order valence-electron chi connectivity index (χ4n) is 4.97. The third-order valence-corrected chi connectivity index (χ3v) is 8.63. The summed E-state index contributed by atoms with van der Waals surface area (Å²) in [5.41, 5.74) is 4.75. The van der Waals surface area contributed by atoms with Gasteiger partial charge in [-0.25, -0.2) is 4.79 Å². The number of cyclic esters (lactones) is 1. The number of allylic oxidation sites excluding steroid dienone is 19. The van der Waals surface area contributed by atoms with Gasteiger partial charge in [-0.3, -0.25) is 9.36 Å². The zero-order valence-electron chi connectivity index (χ0n) is 29.4. The molecule has 0 fully saturated rings. The van der Waals surface area contributed by atoms with Gasteiger partial charge in [-0.15, -0.1) is 0 Å². The van der Waals surface area contributed by atoms with Crippen LogP contribution in [0.5, 0.6) is 0 Å². The van der Waals surface area contributed by atoms with Crippen LogP contribution < -0.4 is 4.89 Å². The number of Topliss-reactive ketones (excluding diaryl/α,β-unsaturated/α-hetero) is 1. The van der Waals surface area contributed by atoms with Crippen LogP contribution in [0.1, 0.15) is 61.8 Å². The van der Waals surface area contributed by atoms with Crippen molar-refractivity contribution in [3.63, 3.8) is 0 Å². The second kappa shape index (κ2) is 18.6. The average Bonchev–Trinajstić information content (AvgIpc) is 3.27. The van der Waals surface area contributed by atoms with Gasteiger partial charge in [0, 0.05) is 0 Å². The minimum Gasteiger partial charge on any atom is -0.756 e. The topological polar surface area (TPSA) is 163 Å². The lowest BCUT2D eigenvalue weighted by molar-refractivity contribution is -0.232. The molecule has 266 valence electrons. The molecule has 0 bridgehead atoms. The van der Waals surface area contributed by atoms with Gasteiger partial charge >= 0.3 is 5.97 Å². The number of carbonyl (C=O) groups excluding carboxylic acids is 2. The fourth-order valence-corrected chi connectivity index (χ4v) is 5.85. The SMILES string of the molecule is C/C=C/C(C)=C/C=C/C(C)=C/C=C/C=C(C)/C=C/C=C(C)/C=C/C1=C(C)C(=O)C(OP(=O)([O-])OC[C@H](O)[C@H]2OC(=O)C(O)=C2O)CC1(C)C. The van der Waals surface area contributed by atoms with Crippen LogP contribution in [-0.2, 0) is 27.9 Å². The number of ether oxygens (including phenoxy) is 1.